The SMILES string of the molecule is Cc1cn(CC(=O)N(CC(=O)O)C[C@@H]2CCN(P)C2)c(=O)[nH]c1=O. The number of aliphatic carboxylic acids is 1. The fourth-order valence-electron chi connectivity index (χ4n) is 2.72. The van der Waals surface area contributed by atoms with Gasteiger partial charge in [-0.05, 0) is 19.3 Å². The number of hydrogen-bond acceptors (Lipinski definition) is 5. The minimum absolute atomic E-state index is 0.194. The standard InChI is InChI=1S/C14H21N4O5P/c1-9-4-17(14(23)15-13(9)22)7-11(19)16(8-12(20)21)5-10-2-3-18(24)6-10/h4,10H,2-3,5-8,24H2,1H3,(H,20,21)(H,15,22,23)/t10-/m0/s1. The molecule has 1 unspecified atom stereocenters. The average molecular weight is 356 g/mol. The summed E-state index contributed by atoms with van der Waals surface area (Å²) >= 11 is 0. The van der Waals surface area contributed by atoms with Gasteiger partial charge in [0.1, 0.15) is 13.1 Å². The van der Waals surface area contributed by atoms with Gasteiger partial charge >= 0.3 is 11.7 Å². The van der Waals surface area contributed by atoms with Crippen LogP contribution in [0.1, 0.15) is 12.0 Å². The Balaban J connectivity index is 2.12. The predicted molar refractivity (Wildman–Crippen MR) is 89.7 cm³/mol. The van der Waals surface area contributed by atoms with Gasteiger partial charge in [0.25, 0.3) is 5.56 Å². The van der Waals surface area contributed by atoms with E-state index < -0.39 is 29.7 Å². The van der Waals surface area contributed by atoms with Crippen LogP contribution in [0.4, 0.5) is 0 Å². The highest BCUT2D eigenvalue weighted by Crippen LogP contribution is 2.20. The first-order valence-electron chi connectivity index (χ1n) is 7.56. The van der Waals surface area contributed by atoms with Crippen LogP contribution in [-0.4, -0.2) is 62.3 Å². The summed E-state index contributed by atoms with van der Waals surface area (Å²) in [7, 11) is 2.60. The second-order valence-electron chi connectivity index (χ2n) is 6.02. The van der Waals surface area contributed by atoms with Crippen LogP contribution in [-0.2, 0) is 16.1 Å². The second-order valence-corrected chi connectivity index (χ2v) is 6.75. The van der Waals surface area contributed by atoms with E-state index in [1.165, 1.54) is 18.0 Å². The third-order valence-corrected chi connectivity index (χ3v) is 4.44. The molecular weight excluding hydrogens is 335 g/mol. The maximum Gasteiger partial charge on any atom is 0.328 e. The van der Waals surface area contributed by atoms with Crippen molar-refractivity contribution in [1.82, 2.24) is 19.1 Å². The van der Waals surface area contributed by atoms with Gasteiger partial charge in [0.05, 0.1) is 0 Å². The van der Waals surface area contributed by atoms with Crippen molar-refractivity contribution in [2.45, 2.75) is 19.9 Å². The Morgan fingerprint density at radius 1 is 1.46 bits per heavy atom. The van der Waals surface area contributed by atoms with Crippen LogP contribution in [0.2, 0.25) is 0 Å². The van der Waals surface area contributed by atoms with Crippen molar-refractivity contribution < 1.29 is 14.7 Å². The van der Waals surface area contributed by atoms with Gasteiger partial charge in [-0.25, -0.2) is 4.79 Å². The fourth-order valence-corrected chi connectivity index (χ4v) is 3.17. The van der Waals surface area contributed by atoms with Crippen molar-refractivity contribution in [2.24, 2.45) is 5.92 Å². The van der Waals surface area contributed by atoms with Gasteiger partial charge in [0, 0.05) is 31.4 Å². The van der Waals surface area contributed by atoms with Crippen LogP contribution < -0.4 is 11.2 Å². The van der Waals surface area contributed by atoms with Crippen LogP contribution in [0.5, 0.6) is 0 Å². The number of nitrogens with zero attached hydrogens (tertiary/aromatic N) is 3. The summed E-state index contributed by atoms with van der Waals surface area (Å²) in [5.74, 6) is -1.37. The Bertz CT molecular complexity index is 743. The van der Waals surface area contributed by atoms with Crippen LogP contribution in [0.25, 0.3) is 0 Å². The van der Waals surface area contributed by atoms with Crippen molar-refractivity contribution in [1.29, 1.82) is 0 Å². The monoisotopic (exact) mass is 356 g/mol. The predicted octanol–water partition coefficient (Wildman–Crippen LogP) is -1.13. The lowest BCUT2D eigenvalue weighted by molar-refractivity contribution is -0.145. The number of aryl methyl sites for hydroxylation is 1. The quantitative estimate of drug-likeness (QED) is 0.623. The molecular formula is C14H21N4O5P. The van der Waals surface area contributed by atoms with Crippen LogP contribution in [0.3, 0.4) is 0 Å². The maximum absolute atomic E-state index is 12.5. The Labute approximate surface area is 140 Å². The number of aromatic nitrogens is 2. The smallest absolute Gasteiger partial charge is 0.328 e. The van der Waals surface area contributed by atoms with Gasteiger partial charge in [0.15, 0.2) is 0 Å². The number of carboxylic acids is 1. The zero-order valence-electron chi connectivity index (χ0n) is 13.4. The summed E-state index contributed by atoms with van der Waals surface area (Å²) in [6, 6.07) is 0. The van der Waals surface area contributed by atoms with E-state index in [0.717, 1.165) is 24.1 Å². The molecule has 24 heavy (non-hydrogen) atoms. The lowest BCUT2D eigenvalue weighted by Gasteiger charge is -2.24. The number of amides is 1. The van der Waals surface area contributed by atoms with Gasteiger partial charge in [0.2, 0.25) is 5.91 Å². The molecule has 1 saturated heterocycles. The number of carbonyl (C=O) groups excluding carboxylic acids is 1. The molecule has 1 aliphatic rings. The molecule has 0 aliphatic carbocycles. The molecule has 9 nitrogen and oxygen atoms in total. The first kappa shape index (κ1) is 18.4. The molecule has 1 fully saturated rings. The summed E-state index contributed by atoms with van der Waals surface area (Å²) in [4.78, 5) is 50.0. The highest BCUT2D eigenvalue weighted by Gasteiger charge is 2.26. The second kappa shape index (κ2) is 7.72. The molecule has 2 rings (SSSR count). The molecule has 10 heteroatoms. The van der Waals surface area contributed by atoms with E-state index >= 15 is 0 Å². The van der Waals surface area contributed by atoms with E-state index in [1.54, 1.807) is 0 Å². The molecule has 1 amide bonds. The van der Waals surface area contributed by atoms with E-state index in [0.29, 0.717) is 12.1 Å². The lowest BCUT2D eigenvalue weighted by atomic mass is 10.1. The summed E-state index contributed by atoms with van der Waals surface area (Å²) in [5.41, 5.74) is -0.884. The third-order valence-electron chi connectivity index (χ3n) is 3.97. The fraction of sp³-hybridized carbons (Fsp3) is 0.571. The van der Waals surface area contributed by atoms with Gasteiger partial charge in [-0.15, -0.1) is 0 Å². The van der Waals surface area contributed by atoms with E-state index in [2.05, 4.69) is 14.4 Å². The maximum atomic E-state index is 12.5. The number of carbonyl (C=O) groups is 2. The molecule has 2 heterocycles. The first-order valence-corrected chi connectivity index (χ1v) is 8.07. The number of carboxylic acid groups (broad SMARTS) is 1. The molecule has 1 aliphatic heterocycles. The largest absolute Gasteiger partial charge is 0.480 e. The van der Waals surface area contributed by atoms with Crippen molar-refractivity contribution in [3.05, 3.63) is 32.6 Å². The number of nitrogens with one attached hydrogen (secondary N) is 1. The van der Waals surface area contributed by atoms with Gasteiger partial charge < -0.3 is 10.0 Å². The molecule has 2 atom stereocenters. The number of hydrogen-bond donors (Lipinski definition) is 2. The van der Waals surface area contributed by atoms with E-state index in [9.17, 15) is 19.2 Å². The van der Waals surface area contributed by atoms with Gasteiger partial charge in [-0.1, -0.05) is 9.39 Å². The highest BCUT2D eigenvalue weighted by atomic mass is 31.0. The van der Waals surface area contributed by atoms with Crippen LogP contribution in [0, 0.1) is 12.8 Å². The molecule has 0 radical (unpaired) electrons. The van der Waals surface area contributed by atoms with Crippen molar-refractivity contribution in [2.75, 3.05) is 26.2 Å². The average Bonchev–Trinajstić information content (AvgIpc) is 2.88. The summed E-state index contributed by atoms with van der Waals surface area (Å²) in [6.07, 6.45) is 2.18. The Hall–Kier alpha value is -1.99. The number of H-pyrrole nitrogens is 1. The highest BCUT2D eigenvalue weighted by molar-refractivity contribution is 7.13. The first-order chi connectivity index (χ1) is 11.3. The van der Waals surface area contributed by atoms with Crippen LogP contribution in [0.15, 0.2) is 15.8 Å². The zero-order valence-corrected chi connectivity index (χ0v) is 14.6. The van der Waals surface area contributed by atoms with Crippen molar-refractivity contribution >= 4 is 21.3 Å². The Morgan fingerprint density at radius 3 is 2.75 bits per heavy atom. The van der Waals surface area contributed by atoms with E-state index in [-0.39, 0.29) is 12.5 Å². The van der Waals surface area contributed by atoms with Gasteiger partial charge in [-0.3, -0.25) is 28.6 Å². The molecule has 0 saturated carbocycles. The topological polar surface area (TPSA) is 116 Å². The summed E-state index contributed by atoms with van der Waals surface area (Å²) in [6.45, 7) is 2.78. The molecule has 132 valence electrons. The molecule has 1 aromatic heterocycles. The van der Waals surface area contributed by atoms with Crippen LogP contribution >= 0.6 is 9.39 Å². The van der Waals surface area contributed by atoms with E-state index in [1.807, 2.05) is 4.67 Å². The summed E-state index contributed by atoms with van der Waals surface area (Å²) < 4.78 is 3.13. The molecule has 1 aromatic rings. The zero-order chi connectivity index (χ0) is 17.9. The normalized spacial score (nSPS) is 17.8. The van der Waals surface area contributed by atoms with E-state index in [4.69, 9.17) is 5.11 Å². The van der Waals surface area contributed by atoms with Gasteiger partial charge in [-0.2, -0.15) is 0 Å². The minimum atomic E-state index is -1.10. The molecule has 0 spiro atoms. The lowest BCUT2D eigenvalue weighted by Crippen LogP contribution is -2.43. The number of rotatable bonds is 6. The Kier molecular flexibility index (Phi) is 5.90. The number of aromatic amines is 1. The molecule has 0 bridgehead atoms. The molecule has 0 aromatic carbocycles. The van der Waals surface area contributed by atoms with Crippen molar-refractivity contribution in [3.8, 4) is 0 Å². The van der Waals surface area contributed by atoms with Crippen molar-refractivity contribution in [3.63, 3.8) is 0 Å². The Morgan fingerprint density at radius 2 is 2.17 bits per heavy atom. The molecule has 2 N–H and O–H groups in total. The minimum Gasteiger partial charge on any atom is -0.480 e. The summed E-state index contributed by atoms with van der Waals surface area (Å²) in [5, 5.41) is 9.04. The third kappa shape index (κ3) is 4.75.